The molecule has 0 bridgehead atoms. The standard InChI is InChI=1S/C9H12N2O2S/c10-4-3-9-5-11(6-9)14(12,13)7-8-1-2-8/h3,8H,1-2,5-7H2. The van der Waals surface area contributed by atoms with Gasteiger partial charge in [0.15, 0.2) is 0 Å². The summed E-state index contributed by atoms with van der Waals surface area (Å²) in [6.45, 7) is 0.839. The molecule has 0 radical (unpaired) electrons. The van der Waals surface area contributed by atoms with E-state index in [2.05, 4.69) is 0 Å². The topological polar surface area (TPSA) is 61.2 Å². The Kier molecular flexibility index (Phi) is 2.33. The quantitative estimate of drug-likeness (QED) is 0.640. The predicted octanol–water partition coefficient (Wildman–Crippen LogP) is 0.492. The summed E-state index contributed by atoms with van der Waals surface area (Å²) < 4.78 is 24.7. The lowest BCUT2D eigenvalue weighted by molar-refractivity contribution is 0.390. The van der Waals surface area contributed by atoms with Crippen LogP contribution in [0.3, 0.4) is 0 Å². The highest BCUT2D eigenvalue weighted by atomic mass is 32.2. The van der Waals surface area contributed by atoms with E-state index in [1.54, 1.807) is 0 Å². The predicted molar refractivity (Wildman–Crippen MR) is 51.8 cm³/mol. The second-order valence-corrected chi connectivity index (χ2v) is 5.94. The summed E-state index contributed by atoms with van der Waals surface area (Å²) in [5.41, 5.74) is 0.909. The van der Waals surface area contributed by atoms with Gasteiger partial charge in [-0.3, -0.25) is 0 Å². The van der Waals surface area contributed by atoms with Crippen molar-refractivity contribution in [3.8, 4) is 6.07 Å². The lowest BCUT2D eigenvalue weighted by Gasteiger charge is -2.32. The molecule has 4 nitrogen and oxygen atoms in total. The third-order valence-corrected chi connectivity index (χ3v) is 4.50. The highest BCUT2D eigenvalue weighted by molar-refractivity contribution is 7.89. The first-order chi connectivity index (χ1) is 6.62. The maximum atomic E-state index is 11.6. The van der Waals surface area contributed by atoms with Crippen LogP contribution in [0.4, 0.5) is 0 Å². The minimum Gasteiger partial charge on any atom is -0.212 e. The number of allylic oxidation sites excluding steroid dienone is 1. The van der Waals surface area contributed by atoms with E-state index in [1.807, 2.05) is 6.07 Å². The van der Waals surface area contributed by atoms with Crippen LogP contribution in [0.25, 0.3) is 0 Å². The molecule has 0 N–H and O–H groups in total. The van der Waals surface area contributed by atoms with E-state index in [9.17, 15) is 8.42 Å². The van der Waals surface area contributed by atoms with E-state index in [1.165, 1.54) is 10.4 Å². The van der Waals surface area contributed by atoms with Gasteiger partial charge in [0.05, 0.1) is 11.8 Å². The van der Waals surface area contributed by atoms with Crippen molar-refractivity contribution in [2.45, 2.75) is 12.8 Å². The molecule has 0 amide bonds. The Bertz CT molecular complexity index is 393. The minimum absolute atomic E-state index is 0.298. The summed E-state index contributed by atoms with van der Waals surface area (Å²) in [5, 5.41) is 8.35. The fourth-order valence-electron chi connectivity index (χ4n) is 1.47. The molecule has 0 aromatic carbocycles. The second kappa shape index (κ2) is 3.37. The van der Waals surface area contributed by atoms with Crippen LogP contribution in [-0.4, -0.2) is 31.6 Å². The molecule has 2 rings (SSSR count). The van der Waals surface area contributed by atoms with Gasteiger partial charge >= 0.3 is 0 Å². The summed E-state index contributed by atoms with van der Waals surface area (Å²) in [5.74, 6) is 0.691. The van der Waals surface area contributed by atoms with E-state index in [-0.39, 0.29) is 0 Å². The van der Waals surface area contributed by atoms with Crippen molar-refractivity contribution in [3.05, 3.63) is 11.6 Å². The Labute approximate surface area is 83.9 Å². The molecule has 1 aliphatic heterocycles. The molecule has 1 aliphatic carbocycles. The molecule has 1 heterocycles. The Balaban J connectivity index is 1.92. The Morgan fingerprint density at radius 1 is 1.50 bits per heavy atom. The van der Waals surface area contributed by atoms with Gasteiger partial charge in [-0.05, 0) is 24.3 Å². The first kappa shape index (κ1) is 9.69. The van der Waals surface area contributed by atoms with E-state index in [0.717, 1.165) is 18.4 Å². The zero-order chi connectivity index (χ0) is 10.2. The zero-order valence-electron chi connectivity index (χ0n) is 7.81. The van der Waals surface area contributed by atoms with Gasteiger partial charge < -0.3 is 0 Å². The third kappa shape index (κ3) is 1.97. The van der Waals surface area contributed by atoms with E-state index in [4.69, 9.17) is 5.26 Å². The SMILES string of the molecule is N#CC=C1CN(S(=O)(=O)CC2CC2)C1. The largest absolute Gasteiger partial charge is 0.214 e. The van der Waals surface area contributed by atoms with Crippen LogP contribution in [0.15, 0.2) is 11.6 Å². The van der Waals surface area contributed by atoms with Crippen molar-refractivity contribution in [1.29, 1.82) is 5.26 Å². The number of hydrogen-bond donors (Lipinski definition) is 0. The van der Waals surface area contributed by atoms with E-state index < -0.39 is 10.0 Å². The molecule has 0 aromatic heterocycles. The smallest absolute Gasteiger partial charge is 0.212 e. The summed E-state index contributed by atoms with van der Waals surface area (Å²) in [6, 6.07) is 1.91. The second-order valence-electron chi connectivity index (χ2n) is 3.92. The average molecular weight is 212 g/mol. The maximum absolute atomic E-state index is 11.6. The van der Waals surface area contributed by atoms with Crippen LogP contribution in [0, 0.1) is 17.2 Å². The molecule has 0 unspecified atom stereocenters. The van der Waals surface area contributed by atoms with Crippen LogP contribution in [0.1, 0.15) is 12.8 Å². The molecular weight excluding hydrogens is 200 g/mol. The number of rotatable bonds is 3. The molecule has 1 saturated heterocycles. The molecule has 76 valence electrons. The first-order valence-electron chi connectivity index (χ1n) is 4.67. The summed E-state index contributed by atoms with van der Waals surface area (Å²) >= 11 is 0. The molecule has 0 atom stereocenters. The van der Waals surface area contributed by atoms with Crippen molar-refractivity contribution in [3.63, 3.8) is 0 Å². The third-order valence-electron chi connectivity index (χ3n) is 2.56. The summed E-state index contributed by atoms with van der Waals surface area (Å²) in [6.07, 6.45) is 3.53. The molecular formula is C9H12N2O2S. The molecule has 2 fully saturated rings. The molecule has 1 saturated carbocycles. The Morgan fingerprint density at radius 3 is 2.64 bits per heavy atom. The van der Waals surface area contributed by atoms with Crippen molar-refractivity contribution in [2.75, 3.05) is 18.8 Å². The van der Waals surface area contributed by atoms with E-state index in [0.29, 0.717) is 24.8 Å². The molecule has 5 heteroatoms. The van der Waals surface area contributed by atoms with Crippen LogP contribution in [0.2, 0.25) is 0 Å². The minimum atomic E-state index is -3.03. The van der Waals surface area contributed by atoms with Gasteiger partial charge in [-0.15, -0.1) is 0 Å². The summed E-state index contributed by atoms with van der Waals surface area (Å²) in [7, 11) is -3.03. The zero-order valence-corrected chi connectivity index (χ0v) is 8.63. The van der Waals surface area contributed by atoms with Crippen LogP contribution < -0.4 is 0 Å². The molecule has 0 spiro atoms. The maximum Gasteiger partial charge on any atom is 0.214 e. The molecule has 2 aliphatic rings. The highest BCUT2D eigenvalue weighted by Crippen LogP contribution is 2.32. The van der Waals surface area contributed by atoms with Gasteiger partial charge in [0, 0.05) is 19.2 Å². The highest BCUT2D eigenvalue weighted by Gasteiger charge is 2.36. The molecule has 0 aromatic rings. The van der Waals surface area contributed by atoms with Gasteiger partial charge in [-0.1, -0.05) is 0 Å². The lowest BCUT2D eigenvalue weighted by atomic mass is 10.1. The Morgan fingerprint density at radius 2 is 2.14 bits per heavy atom. The van der Waals surface area contributed by atoms with Gasteiger partial charge in [-0.25, -0.2) is 8.42 Å². The van der Waals surface area contributed by atoms with Crippen LogP contribution in [0.5, 0.6) is 0 Å². The van der Waals surface area contributed by atoms with Gasteiger partial charge in [-0.2, -0.15) is 9.57 Å². The Hall–Kier alpha value is -0.860. The normalized spacial score (nSPS) is 22.6. The van der Waals surface area contributed by atoms with Gasteiger partial charge in [0.1, 0.15) is 0 Å². The number of nitrogens with zero attached hydrogens (tertiary/aromatic N) is 2. The van der Waals surface area contributed by atoms with Crippen LogP contribution in [-0.2, 0) is 10.0 Å². The fraction of sp³-hybridized carbons (Fsp3) is 0.667. The van der Waals surface area contributed by atoms with Crippen molar-refractivity contribution in [1.82, 2.24) is 4.31 Å². The number of nitriles is 1. The monoisotopic (exact) mass is 212 g/mol. The van der Waals surface area contributed by atoms with Gasteiger partial charge in [0.2, 0.25) is 10.0 Å². The van der Waals surface area contributed by atoms with Crippen molar-refractivity contribution < 1.29 is 8.42 Å². The van der Waals surface area contributed by atoms with Crippen molar-refractivity contribution >= 4 is 10.0 Å². The van der Waals surface area contributed by atoms with Crippen LogP contribution >= 0.6 is 0 Å². The van der Waals surface area contributed by atoms with Crippen molar-refractivity contribution in [2.24, 2.45) is 5.92 Å². The lowest BCUT2D eigenvalue weighted by Crippen LogP contribution is -2.45. The van der Waals surface area contributed by atoms with Gasteiger partial charge in [0.25, 0.3) is 0 Å². The summed E-state index contributed by atoms with van der Waals surface area (Å²) in [4.78, 5) is 0. The fourth-order valence-corrected chi connectivity index (χ4v) is 3.34. The average Bonchev–Trinajstić information content (AvgIpc) is 2.78. The first-order valence-corrected chi connectivity index (χ1v) is 6.28. The molecule has 14 heavy (non-hydrogen) atoms. The number of hydrogen-bond acceptors (Lipinski definition) is 3. The van der Waals surface area contributed by atoms with E-state index >= 15 is 0 Å². The number of sulfonamides is 1.